The molecule has 3 aliphatic heterocycles. The molecule has 0 aliphatic carbocycles. The van der Waals surface area contributed by atoms with E-state index in [-0.39, 0.29) is 36.5 Å². The van der Waals surface area contributed by atoms with Crippen LogP contribution in [0.3, 0.4) is 0 Å². The summed E-state index contributed by atoms with van der Waals surface area (Å²) in [5, 5.41) is 11.3. The standard InChI is InChI=1S/C35H65N3O8/c1-22-18-35(7,43-12)31(46-32-29(39)27(36(8)9)17-24(3)45-32)25(4)30(40)34(5,6)33(41)44-21-28(37(10)19-22)26-13-15-38(16-14-26)23(2)20-42-11/h22-29,31-32,39H,13-21H2,1-12H3/t22-,23?,24-,25+,27+,28?,29-,31-,32+,35-/m1/s1. The van der Waals surface area contributed by atoms with Crippen molar-refractivity contribution < 1.29 is 38.4 Å². The van der Waals surface area contributed by atoms with E-state index in [9.17, 15) is 14.7 Å². The zero-order valence-electron chi connectivity index (χ0n) is 30.8. The Balaban J connectivity index is 1.93. The third-order valence-corrected chi connectivity index (χ3v) is 11.1. The maximum atomic E-state index is 14.3. The second-order valence-corrected chi connectivity index (χ2v) is 15.5. The summed E-state index contributed by atoms with van der Waals surface area (Å²) in [6.07, 6.45) is 0.409. The summed E-state index contributed by atoms with van der Waals surface area (Å²) in [4.78, 5) is 34.8. The fourth-order valence-corrected chi connectivity index (χ4v) is 8.15. The maximum Gasteiger partial charge on any atom is 0.319 e. The Hall–Kier alpha value is -1.18. The van der Waals surface area contributed by atoms with Gasteiger partial charge in [-0.25, -0.2) is 0 Å². The molecular formula is C35H65N3O8. The van der Waals surface area contributed by atoms with Crippen molar-refractivity contribution in [2.24, 2.45) is 23.2 Å². The molecule has 0 aromatic rings. The normalized spacial score (nSPS) is 38.9. The molecule has 10 atom stereocenters. The Morgan fingerprint density at radius 1 is 1.09 bits per heavy atom. The maximum absolute atomic E-state index is 14.3. The number of ether oxygens (including phenoxy) is 5. The first-order valence-electron chi connectivity index (χ1n) is 17.3. The molecule has 0 radical (unpaired) electrons. The average Bonchev–Trinajstić information content (AvgIpc) is 3.00. The number of hydrogen-bond acceptors (Lipinski definition) is 11. The summed E-state index contributed by atoms with van der Waals surface area (Å²) in [6, 6.07) is 0.204. The summed E-state index contributed by atoms with van der Waals surface area (Å²) in [5.41, 5.74) is -2.33. The Morgan fingerprint density at radius 2 is 1.72 bits per heavy atom. The van der Waals surface area contributed by atoms with Crippen LogP contribution in [0.25, 0.3) is 0 Å². The monoisotopic (exact) mass is 655 g/mol. The van der Waals surface area contributed by atoms with Crippen molar-refractivity contribution in [2.45, 2.75) is 122 Å². The minimum absolute atomic E-state index is 0.0199. The lowest BCUT2D eigenvalue weighted by atomic mass is 9.74. The van der Waals surface area contributed by atoms with E-state index in [1.807, 2.05) is 32.8 Å². The van der Waals surface area contributed by atoms with Crippen molar-refractivity contribution in [1.82, 2.24) is 14.7 Å². The number of methoxy groups -OCH3 is 2. The molecule has 1 N–H and O–H groups in total. The molecule has 3 rings (SSSR count). The fourth-order valence-electron chi connectivity index (χ4n) is 8.15. The summed E-state index contributed by atoms with van der Waals surface area (Å²) in [5.74, 6) is -1.07. The number of Topliss-reactive ketones (excluding diaryl/α,β-unsaturated/α-hetero) is 1. The number of esters is 1. The molecular weight excluding hydrogens is 590 g/mol. The van der Waals surface area contributed by atoms with E-state index in [0.717, 1.165) is 32.5 Å². The van der Waals surface area contributed by atoms with Crippen molar-refractivity contribution in [3.8, 4) is 0 Å². The van der Waals surface area contributed by atoms with Gasteiger partial charge in [0.1, 0.15) is 18.1 Å². The lowest BCUT2D eigenvalue weighted by Gasteiger charge is -2.47. The van der Waals surface area contributed by atoms with Gasteiger partial charge in [-0.1, -0.05) is 13.8 Å². The summed E-state index contributed by atoms with van der Waals surface area (Å²) in [6.45, 7) is 17.0. The molecule has 0 bridgehead atoms. The van der Waals surface area contributed by atoms with Gasteiger partial charge in [-0.15, -0.1) is 0 Å². The lowest BCUT2D eigenvalue weighted by molar-refractivity contribution is -0.295. The highest BCUT2D eigenvalue weighted by molar-refractivity contribution is 6.04. The van der Waals surface area contributed by atoms with Gasteiger partial charge in [0.15, 0.2) is 12.1 Å². The Morgan fingerprint density at radius 3 is 2.28 bits per heavy atom. The topological polar surface area (TPSA) is 110 Å². The molecule has 11 heteroatoms. The highest BCUT2D eigenvalue weighted by Gasteiger charge is 2.51. The van der Waals surface area contributed by atoms with Gasteiger partial charge in [-0.05, 0) is 106 Å². The first kappa shape index (κ1) is 39.3. The number of rotatable bonds is 8. The Labute approximate surface area is 278 Å². The number of hydrogen-bond donors (Lipinski definition) is 1. The number of cyclic esters (lactones) is 1. The molecule has 2 unspecified atom stereocenters. The van der Waals surface area contributed by atoms with Crippen molar-refractivity contribution >= 4 is 11.8 Å². The minimum Gasteiger partial charge on any atom is -0.463 e. The molecule has 3 aliphatic rings. The van der Waals surface area contributed by atoms with Crippen LogP contribution in [-0.2, 0) is 33.3 Å². The third kappa shape index (κ3) is 9.08. The van der Waals surface area contributed by atoms with Gasteiger partial charge in [0.25, 0.3) is 0 Å². The molecule has 0 saturated carbocycles. The fraction of sp³-hybridized carbons (Fsp3) is 0.943. The number of nitrogens with zero attached hydrogens (tertiary/aromatic N) is 3. The highest BCUT2D eigenvalue weighted by atomic mass is 16.7. The smallest absolute Gasteiger partial charge is 0.319 e. The molecule has 0 aromatic heterocycles. The number of likely N-dealkylation sites (N-methyl/N-ethyl adjacent to an activating group) is 2. The van der Waals surface area contributed by atoms with Gasteiger partial charge in [0, 0.05) is 44.8 Å². The molecule has 3 saturated heterocycles. The van der Waals surface area contributed by atoms with Gasteiger partial charge in [-0.3, -0.25) is 19.4 Å². The molecule has 11 nitrogen and oxygen atoms in total. The molecule has 0 amide bonds. The average molecular weight is 656 g/mol. The number of carbonyl (C=O) groups is 2. The van der Waals surface area contributed by atoms with Crippen LogP contribution in [0.15, 0.2) is 0 Å². The van der Waals surface area contributed by atoms with Crippen molar-refractivity contribution in [2.75, 3.05) is 68.2 Å². The largest absolute Gasteiger partial charge is 0.463 e. The number of likely N-dealkylation sites (tertiary alicyclic amines) is 1. The van der Waals surface area contributed by atoms with Crippen molar-refractivity contribution in [3.05, 3.63) is 0 Å². The van der Waals surface area contributed by atoms with E-state index >= 15 is 0 Å². The van der Waals surface area contributed by atoms with Crippen LogP contribution in [0, 0.1) is 23.2 Å². The van der Waals surface area contributed by atoms with E-state index in [0.29, 0.717) is 31.4 Å². The number of aliphatic hydroxyl groups is 1. The quantitative estimate of drug-likeness (QED) is 0.308. The van der Waals surface area contributed by atoms with Gasteiger partial charge in [-0.2, -0.15) is 0 Å². The van der Waals surface area contributed by atoms with Gasteiger partial charge < -0.3 is 33.7 Å². The first-order chi connectivity index (χ1) is 21.5. The van der Waals surface area contributed by atoms with E-state index in [1.165, 1.54) is 0 Å². The third-order valence-electron chi connectivity index (χ3n) is 11.1. The van der Waals surface area contributed by atoms with Crippen molar-refractivity contribution in [3.63, 3.8) is 0 Å². The Bertz CT molecular complexity index is 989. The minimum atomic E-state index is -1.41. The molecule has 3 heterocycles. The second kappa shape index (κ2) is 16.5. The van der Waals surface area contributed by atoms with Crippen molar-refractivity contribution in [1.29, 1.82) is 0 Å². The number of ketones is 1. The van der Waals surface area contributed by atoms with Gasteiger partial charge in [0.05, 0.1) is 24.4 Å². The lowest BCUT2D eigenvalue weighted by Crippen LogP contribution is -2.59. The van der Waals surface area contributed by atoms with Gasteiger partial charge in [0.2, 0.25) is 0 Å². The molecule has 3 fully saturated rings. The van der Waals surface area contributed by atoms with Crippen LogP contribution >= 0.6 is 0 Å². The zero-order chi connectivity index (χ0) is 34.6. The number of carbonyl (C=O) groups excluding carboxylic acids is 2. The molecule has 0 spiro atoms. The van der Waals surface area contributed by atoms with Crippen LogP contribution in [0.2, 0.25) is 0 Å². The summed E-state index contributed by atoms with van der Waals surface area (Å²) >= 11 is 0. The van der Waals surface area contributed by atoms with Crippen LogP contribution in [0.5, 0.6) is 0 Å². The molecule has 46 heavy (non-hydrogen) atoms. The van der Waals surface area contributed by atoms with Crippen LogP contribution < -0.4 is 0 Å². The number of piperidine rings is 1. The summed E-state index contributed by atoms with van der Waals surface area (Å²) < 4.78 is 30.5. The second-order valence-electron chi connectivity index (χ2n) is 15.5. The van der Waals surface area contributed by atoms with E-state index in [1.54, 1.807) is 35.0 Å². The Kier molecular flexibility index (Phi) is 14.1. The van der Waals surface area contributed by atoms with Crippen LogP contribution in [0.4, 0.5) is 0 Å². The highest BCUT2D eigenvalue weighted by Crippen LogP contribution is 2.39. The van der Waals surface area contributed by atoms with Crippen LogP contribution in [0.1, 0.15) is 74.1 Å². The number of aliphatic hydroxyl groups excluding tert-OH is 1. The SMILES string of the molecule is COCC(C)N1CCC(C2COC(=O)C(C)(C)C(=O)[C@H](C)[C@@H](O[C@@H]3O[C@H](C)C[C@H](N(C)C)[C@H]3O)[C@](C)(OC)C[C@@H](C)CN2C)CC1. The summed E-state index contributed by atoms with van der Waals surface area (Å²) in [7, 11) is 9.35. The first-order valence-corrected chi connectivity index (χ1v) is 17.3. The van der Waals surface area contributed by atoms with Gasteiger partial charge >= 0.3 is 5.97 Å². The van der Waals surface area contributed by atoms with E-state index in [2.05, 4.69) is 30.7 Å². The molecule has 268 valence electrons. The predicted octanol–water partition coefficient (Wildman–Crippen LogP) is 3.06. The zero-order valence-corrected chi connectivity index (χ0v) is 30.8. The van der Waals surface area contributed by atoms with E-state index < -0.39 is 41.4 Å². The molecule has 0 aromatic carbocycles. The van der Waals surface area contributed by atoms with E-state index in [4.69, 9.17) is 23.7 Å². The predicted molar refractivity (Wildman–Crippen MR) is 177 cm³/mol. The van der Waals surface area contributed by atoms with Crippen LogP contribution in [-0.4, -0.2) is 148 Å².